The van der Waals surface area contributed by atoms with Gasteiger partial charge in [-0.3, -0.25) is 0 Å². The Balaban J connectivity index is 1.18. The second-order valence-electron chi connectivity index (χ2n) is 15.9. The number of rotatable bonds is 5. The van der Waals surface area contributed by atoms with Gasteiger partial charge in [0.1, 0.15) is 0 Å². The summed E-state index contributed by atoms with van der Waals surface area (Å²) in [6.07, 6.45) is 0. The highest BCUT2D eigenvalue weighted by molar-refractivity contribution is 6.26. The second kappa shape index (κ2) is 13.9. The van der Waals surface area contributed by atoms with Crippen molar-refractivity contribution in [2.24, 2.45) is 0 Å². The molecule has 0 amide bonds. The van der Waals surface area contributed by atoms with Crippen molar-refractivity contribution in [2.75, 3.05) is 0 Å². The van der Waals surface area contributed by atoms with Gasteiger partial charge in [0.15, 0.2) is 0 Å². The Kier molecular flexibility index (Phi) is 7.96. The SMILES string of the molecule is c1ccc(-c2c3ccccc3c(-c3cccc4ccccc34)c3ccc(-c4ccc5c(-c6cccc7ccccc67)c6ccccc6c(-c6ccccc6)c5c4)cc23)cc1. The molecule has 0 aliphatic rings. The van der Waals surface area contributed by atoms with Crippen LogP contribution in [0.4, 0.5) is 0 Å². The highest BCUT2D eigenvalue weighted by atomic mass is 14.2. The lowest BCUT2D eigenvalue weighted by molar-refractivity contribution is 1.64. The van der Waals surface area contributed by atoms with E-state index in [4.69, 9.17) is 0 Å². The zero-order valence-electron chi connectivity index (χ0n) is 32.9. The lowest BCUT2D eigenvalue weighted by atomic mass is 9.82. The lowest BCUT2D eigenvalue weighted by Gasteiger charge is -2.21. The maximum Gasteiger partial charge on any atom is -0.00201 e. The van der Waals surface area contributed by atoms with Gasteiger partial charge in [-0.25, -0.2) is 0 Å². The predicted octanol–water partition coefficient (Wildman–Crippen LogP) is 16.9. The molecule has 0 saturated carbocycles. The summed E-state index contributed by atoms with van der Waals surface area (Å²) in [6.45, 7) is 0. The Bertz CT molecular complexity index is 3380. The first kappa shape index (κ1) is 34.3. The molecule has 0 atom stereocenters. The number of hydrogen-bond acceptors (Lipinski definition) is 0. The quantitative estimate of drug-likeness (QED) is 0.153. The number of fused-ring (bicyclic) bond motifs is 6. The van der Waals surface area contributed by atoms with Crippen LogP contribution in [0.25, 0.3) is 120 Å². The zero-order valence-corrected chi connectivity index (χ0v) is 32.9. The molecule has 278 valence electrons. The van der Waals surface area contributed by atoms with E-state index in [9.17, 15) is 0 Å². The summed E-state index contributed by atoms with van der Waals surface area (Å²) >= 11 is 0. The third-order valence-electron chi connectivity index (χ3n) is 12.6. The van der Waals surface area contributed by atoms with E-state index in [2.05, 4.69) is 231 Å². The van der Waals surface area contributed by atoms with Crippen LogP contribution < -0.4 is 0 Å². The molecule has 0 radical (unpaired) electrons. The van der Waals surface area contributed by atoms with Gasteiger partial charge < -0.3 is 0 Å². The average Bonchev–Trinajstić information content (AvgIpc) is 3.32. The average molecular weight is 759 g/mol. The largest absolute Gasteiger partial charge is 0.0622 e. The Morgan fingerprint density at radius 2 is 0.483 bits per heavy atom. The van der Waals surface area contributed by atoms with Gasteiger partial charge in [0, 0.05) is 0 Å². The first-order valence-electron chi connectivity index (χ1n) is 20.8. The number of benzene rings is 12. The van der Waals surface area contributed by atoms with E-state index in [0.29, 0.717) is 0 Å². The van der Waals surface area contributed by atoms with Crippen LogP contribution in [0.15, 0.2) is 231 Å². The van der Waals surface area contributed by atoms with Crippen LogP contribution >= 0.6 is 0 Å². The summed E-state index contributed by atoms with van der Waals surface area (Å²) in [5.74, 6) is 0. The molecule has 0 unspecified atom stereocenters. The molecule has 0 heterocycles. The Labute approximate surface area is 349 Å². The van der Waals surface area contributed by atoms with E-state index in [1.54, 1.807) is 0 Å². The number of hydrogen-bond donors (Lipinski definition) is 0. The summed E-state index contributed by atoms with van der Waals surface area (Å²) in [5.41, 5.74) is 12.4. The van der Waals surface area contributed by atoms with Crippen molar-refractivity contribution in [2.45, 2.75) is 0 Å². The summed E-state index contributed by atoms with van der Waals surface area (Å²) in [7, 11) is 0. The van der Waals surface area contributed by atoms with E-state index in [1.165, 1.54) is 120 Å². The first-order chi connectivity index (χ1) is 29.8. The fourth-order valence-corrected chi connectivity index (χ4v) is 10.0. The minimum Gasteiger partial charge on any atom is -0.0622 e. The first-order valence-corrected chi connectivity index (χ1v) is 20.8. The van der Waals surface area contributed by atoms with E-state index in [-0.39, 0.29) is 0 Å². The predicted molar refractivity (Wildman–Crippen MR) is 259 cm³/mol. The summed E-state index contributed by atoms with van der Waals surface area (Å²) in [4.78, 5) is 0. The van der Waals surface area contributed by atoms with Gasteiger partial charge in [-0.1, -0.05) is 218 Å². The third kappa shape index (κ3) is 5.39. The molecule has 0 heteroatoms. The second-order valence-corrected chi connectivity index (χ2v) is 15.9. The van der Waals surface area contributed by atoms with Gasteiger partial charge in [0.25, 0.3) is 0 Å². The molecule has 0 aliphatic carbocycles. The van der Waals surface area contributed by atoms with Crippen molar-refractivity contribution >= 4 is 64.6 Å². The van der Waals surface area contributed by atoms with Gasteiger partial charge in [-0.15, -0.1) is 0 Å². The molecule has 0 fully saturated rings. The Morgan fingerprint density at radius 1 is 0.167 bits per heavy atom. The van der Waals surface area contributed by atoms with Crippen LogP contribution in [0.2, 0.25) is 0 Å². The minimum absolute atomic E-state index is 1.19. The van der Waals surface area contributed by atoms with Gasteiger partial charge in [0.2, 0.25) is 0 Å². The molecule has 12 rings (SSSR count). The Hall–Kier alpha value is -7.80. The van der Waals surface area contributed by atoms with Crippen LogP contribution in [0.1, 0.15) is 0 Å². The fourth-order valence-electron chi connectivity index (χ4n) is 10.0. The van der Waals surface area contributed by atoms with E-state index in [0.717, 1.165) is 0 Å². The summed E-state index contributed by atoms with van der Waals surface area (Å²) < 4.78 is 0. The van der Waals surface area contributed by atoms with Crippen molar-refractivity contribution in [3.05, 3.63) is 231 Å². The standard InChI is InChI=1S/C60H38/c1-3-19-41(20-4-1)57-49-27-11-13-29-51(49)59(47-31-15-23-39-17-7-9-25-45(39)47)53-35-33-43(37-55(53)57)44-34-36-54-56(38-44)58(42-21-5-2-6-22-42)50-28-12-14-30-52(50)60(54)48-32-16-24-40-18-8-10-26-46(40)48/h1-38H. The van der Waals surface area contributed by atoms with Gasteiger partial charge in [-0.2, -0.15) is 0 Å². The van der Waals surface area contributed by atoms with Crippen molar-refractivity contribution in [3.63, 3.8) is 0 Å². The molecule has 60 heavy (non-hydrogen) atoms. The minimum atomic E-state index is 1.19. The summed E-state index contributed by atoms with van der Waals surface area (Å²) in [6, 6.07) is 85.2. The van der Waals surface area contributed by atoms with Gasteiger partial charge in [0.05, 0.1) is 0 Å². The molecule has 0 saturated heterocycles. The van der Waals surface area contributed by atoms with Crippen LogP contribution in [0, 0.1) is 0 Å². The van der Waals surface area contributed by atoms with Crippen molar-refractivity contribution in [1.82, 2.24) is 0 Å². The van der Waals surface area contributed by atoms with E-state index in [1.807, 2.05) is 0 Å². The smallest absolute Gasteiger partial charge is 0.00201 e. The van der Waals surface area contributed by atoms with Crippen molar-refractivity contribution in [3.8, 4) is 55.6 Å². The van der Waals surface area contributed by atoms with Crippen LogP contribution in [-0.4, -0.2) is 0 Å². The molecule has 0 spiro atoms. The molecular formula is C60H38. The van der Waals surface area contributed by atoms with Crippen molar-refractivity contribution < 1.29 is 0 Å². The third-order valence-corrected chi connectivity index (χ3v) is 12.6. The molecule has 0 bridgehead atoms. The topological polar surface area (TPSA) is 0 Å². The molecule has 0 aliphatic heterocycles. The van der Waals surface area contributed by atoms with Crippen LogP contribution in [0.3, 0.4) is 0 Å². The van der Waals surface area contributed by atoms with E-state index < -0.39 is 0 Å². The van der Waals surface area contributed by atoms with Crippen LogP contribution in [-0.2, 0) is 0 Å². The molecule has 0 N–H and O–H groups in total. The zero-order chi connectivity index (χ0) is 39.6. The monoisotopic (exact) mass is 758 g/mol. The molecular weight excluding hydrogens is 721 g/mol. The van der Waals surface area contributed by atoms with Crippen molar-refractivity contribution in [1.29, 1.82) is 0 Å². The van der Waals surface area contributed by atoms with Crippen LogP contribution in [0.5, 0.6) is 0 Å². The Morgan fingerprint density at radius 3 is 0.900 bits per heavy atom. The fraction of sp³-hybridized carbons (Fsp3) is 0. The van der Waals surface area contributed by atoms with E-state index >= 15 is 0 Å². The summed E-state index contributed by atoms with van der Waals surface area (Å²) in [5, 5.41) is 15.1. The van der Waals surface area contributed by atoms with Gasteiger partial charge >= 0.3 is 0 Å². The molecule has 0 nitrogen and oxygen atoms in total. The highest BCUT2D eigenvalue weighted by Gasteiger charge is 2.21. The maximum absolute atomic E-state index is 2.45. The maximum atomic E-state index is 2.45. The molecule has 12 aromatic rings. The molecule has 0 aromatic heterocycles. The highest BCUT2D eigenvalue weighted by Crippen LogP contribution is 2.49. The lowest BCUT2D eigenvalue weighted by Crippen LogP contribution is -1.93. The van der Waals surface area contributed by atoms with Gasteiger partial charge in [-0.05, 0) is 132 Å². The normalized spacial score (nSPS) is 11.7. The molecule has 12 aromatic carbocycles.